The van der Waals surface area contributed by atoms with Crippen LogP contribution >= 0.6 is 11.6 Å². The Balaban J connectivity index is 2.26. The third-order valence-electron chi connectivity index (χ3n) is 4.04. The second kappa shape index (κ2) is 6.10. The van der Waals surface area contributed by atoms with E-state index in [0.717, 1.165) is 17.5 Å². The average Bonchev–Trinajstić information content (AvgIpc) is 2.73. The van der Waals surface area contributed by atoms with E-state index in [1.807, 2.05) is 0 Å². The number of piperidine rings is 1. The summed E-state index contributed by atoms with van der Waals surface area (Å²) in [4.78, 5) is 14.2. The SMILES string of the molecule is Cc1c(Cl)c(C(F)(F)F)nn1[C@@H](C)C(=O)N1CCC[C@@H](C)C1. The largest absolute Gasteiger partial charge is 0.436 e. The van der Waals surface area contributed by atoms with Crippen LogP contribution in [0.15, 0.2) is 0 Å². The molecule has 0 saturated carbocycles. The van der Waals surface area contributed by atoms with E-state index in [4.69, 9.17) is 11.6 Å². The molecule has 2 heterocycles. The van der Waals surface area contributed by atoms with Crippen molar-refractivity contribution in [2.45, 2.75) is 45.8 Å². The van der Waals surface area contributed by atoms with Gasteiger partial charge in [-0.15, -0.1) is 0 Å². The smallest absolute Gasteiger partial charge is 0.341 e. The second-order valence-corrected chi connectivity index (χ2v) is 6.28. The van der Waals surface area contributed by atoms with E-state index in [1.165, 1.54) is 6.92 Å². The summed E-state index contributed by atoms with van der Waals surface area (Å²) in [7, 11) is 0. The van der Waals surface area contributed by atoms with Gasteiger partial charge in [0.1, 0.15) is 6.04 Å². The molecule has 2 atom stereocenters. The summed E-state index contributed by atoms with van der Waals surface area (Å²) < 4.78 is 39.6. The molecule has 1 aliphatic rings. The van der Waals surface area contributed by atoms with Crippen molar-refractivity contribution in [2.24, 2.45) is 5.92 Å². The molecule has 4 nitrogen and oxygen atoms in total. The summed E-state index contributed by atoms with van der Waals surface area (Å²) in [6.07, 6.45) is -2.66. The number of likely N-dealkylation sites (tertiary alicyclic amines) is 1. The summed E-state index contributed by atoms with van der Waals surface area (Å²) in [6, 6.07) is -0.807. The highest BCUT2D eigenvalue weighted by molar-refractivity contribution is 6.32. The Morgan fingerprint density at radius 3 is 2.59 bits per heavy atom. The monoisotopic (exact) mass is 337 g/mol. The van der Waals surface area contributed by atoms with Gasteiger partial charge < -0.3 is 4.90 Å². The van der Waals surface area contributed by atoms with Gasteiger partial charge in [0, 0.05) is 13.1 Å². The van der Waals surface area contributed by atoms with E-state index in [9.17, 15) is 18.0 Å². The van der Waals surface area contributed by atoms with Gasteiger partial charge in [0.15, 0.2) is 5.69 Å². The van der Waals surface area contributed by atoms with Crippen LogP contribution in [0.25, 0.3) is 0 Å². The number of halogens is 4. The van der Waals surface area contributed by atoms with Crippen LogP contribution in [0.4, 0.5) is 13.2 Å². The fraction of sp³-hybridized carbons (Fsp3) is 0.714. The van der Waals surface area contributed by atoms with Gasteiger partial charge in [-0.05, 0) is 32.6 Å². The number of carbonyl (C=O) groups is 1. The van der Waals surface area contributed by atoms with Gasteiger partial charge in [0.25, 0.3) is 0 Å². The van der Waals surface area contributed by atoms with E-state index in [1.54, 1.807) is 11.8 Å². The Hall–Kier alpha value is -1.24. The highest BCUT2D eigenvalue weighted by atomic mass is 35.5. The molecule has 0 unspecified atom stereocenters. The molecule has 0 radical (unpaired) electrons. The van der Waals surface area contributed by atoms with Crippen molar-refractivity contribution in [1.82, 2.24) is 14.7 Å². The molecule has 1 aliphatic heterocycles. The van der Waals surface area contributed by atoms with Crippen molar-refractivity contribution >= 4 is 17.5 Å². The molecule has 0 aliphatic carbocycles. The van der Waals surface area contributed by atoms with Gasteiger partial charge in [-0.2, -0.15) is 18.3 Å². The van der Waals surface area contributed by atoms with Crippen LogP contribution < -0.4 is 0 Å². The molecule has 1 saturated heterocycles. The molecule has 0 aromatic carbocycles. The molecule has 1 aromatic rings. The molecule has 8 heteroatoms. The lowest BCUT2D eigenvalue weighted by Crippen LogP contribution is -2.42. The van der Waals surface area contributed by atoms with Crippen LogP contribution in [0.1, 0.15) is 44.1 Å². The summed E-state index contributed by atoms with van der Waals surface area (Å²) in [5, 5.41) is 3.08. The lowest BCUT2D eigenvalue weighted by molar-refractivity contribution is -0.142. The normalized spacial score (nSPS) is 21.0. The molecular formula is C14H19ClF3N3O. The highest BCUT2D eigenvalue weighted by Crippen LogP contribution is 2.36. The maximum Gasteiger partial charge on any atom is 0.436 e. The first-order valence-corrected chi connectivity index (χ1v) is 7.61. The maximum atomic E-state index is 12.9. The zero-order valence-electron chi connectivity index (χ0n) is 12.7. The minimum absolute atomic E-state index is 0.153. The number of hydrogen-bond donors (Lipinski definition) is 0. The fourth-order valence-electron chi connectivity index (χ4n) is 2.82. The summed E-state index contributed by atoms with van der Waals surface area (Å²) in [5.74, 6) is 0.181. The number of carbonyl (C=O) groups excluding carboxylic acids is 1. The Morgan fingerprint density at radius 2 is 2.09 bits per heavy atom. The average molecular weight is 338 g/mol. The molecule has 1 aromatic heterocycles. The quantitative estimate of drug-likeness (QED) is 0.825. The van der Waals surface area contributed by atoms with Gasteiger partial charge in [0.2, 0.25) is 5.91 Å². The maximum absolute atomic E-state index is 12.9. The number of hydrogen-bond acceptors (Lipinski definition) is 2. The van der Waals surface area contributed by atoms with Crippen LogP contribution in [-0.4, -0.2) is 33.7 Å². The minimum atomic E-state index is -4.63. The molecule has 22 heavy (non-hydrogen) atoms. The van der Waals surface area contributed by atoms with Crippen LogP contribution in [-0.2, 0) is 11.0 Å². The van der Waals surface area contributed by atoms with Crippen LogP contribution in [0, 0.1) is 12.8 Å². The summed E-state index contributed by atoms with van der Waals surface area (Å²) in [5.41, 5.74) is -0.988. The Labute approximate surface area is 132 Å². The standard InChI is InChI=1S/C14H19ClF3N3O/c1-8-5-4-6-20(7-8)13(22)10(3)21-9(2)11(15)12(19-21)14(16,17)18/h8,10H,4-7H2,1-3H3/t8-,10+/m1/s1. The Morgan fingerprint density at radius 1 is 1.45 bits per heavy atom. The molecule has 0 bridgehead atoms. The predicted octanol–water partition coefficient (Wildman–Crippen LogP) is 3.68. The number of aromatic nitrogens is 2. The third kappa shape index (κ3) is 3.24. The molecule has 2 rings (SSSR count). The topological polar surface area (TPSA) is 38.1 Å². The highest BCUT2D eigenvalue weighted by Gasteiger charge is 2.39. The number of rotatable bonds is 2. The lowest BCUT2D eigenvalue weighted by atomic mass is 10.00. The fourth-order valence-corrected chi connectivity index (χ4v) is 3.05. The Bertz CT molecular complexity index is 570. The molecule has 1 fully saturated rings. The van der Waals surface area contributed by atoms with Crippen molar-refractivity contribution in [2.75, 3.05) is 13.1 Å². The summed E-state index contributed by atoms with van der Waals surface area (Å²) >= 11 is 5.73. The van der Waals surface area contributed by atoms with Crippen LogP contribution in [0.3, 0.4) is 0 Å². The second-order valence-electron chi connectivity index (χ2n) is 5.90. The lowest BCUT2D eigenvalue weighted by Gasteiger charge is -2.33. The van der Waals surface area contributed by atoms with Crippen molar-refractivity contribution in [3.63, 3.8) is 0 Å². The van der Waals surface area contributed by atoms with Gasteiger partial charge in [-0.25, -0.2) is 0 Å². The zero-order chi connectivity index (χ0) is 16.7. The number of alkyl halides is 3. The summed E-state index contributed by atoms with van der Waals surface area (Å²) in [6.45, 7) is 6.31. The Kier molecular flexibility index (Phi) is 4.75. The first-order chi connectivity index (χ1) is 10.1. The number of amides is 1. The van der Waals surface area contributed by atoms with E-state index in [0.29, 0.717) is 19.0 Å². The van der Waals surface area contributed by atoms with Crippen molar-refractivity contribution in [3.05, 3.63) is 16.4 Å². The van der Waals surface area contributed by atoms with E-state index >= 15 is 0 Å². The van der Waals surface area contributed by atoms with Crippen LogP contribution in [0.2, 0.25) is 5.02 Å². The first-order valence-electron chi connectivity index (χ1n) is 7.23. The van der Waals surface area contributed by atoms with E-state index < -0.39 is 22.9 Å². The third-order valence-corrected chi connectivity index (χ3v) is 4.49. The van der Waals surface area contributed by atoms with Crippen LogP contribution in [0.5, 0.6) is 0 Å². The minimum Gasteiger partial charge on any atom is -0.341 e. The van der Waals surface area contributed by atoms with E-state index in [-0.39, 0.29) is 11.6 Å². The van der Waals surface area contributed by atoms with Gasteiger partial charge in [0.05, 0.1) is 10.7 Å². The molecule has 0 N–H and O–H groups in total. The number of nitrogens with zero attached hydrogens (tertiary/aromatic N) is 3. The van der Waals surface area contributed by atoms with E-state index in [2.05, 4.69) is 12.0 Å². The van der Waals surface area contributed by atoms with Crippen molar-refractivity contribution in [3.8, 4) is 0 Å². The molecular weight excluding hydrogens is 319 g/mol. The predicted molar refractivity (Wildman–Crippen MR) is 76.7 cm³/mol. The van der Waals surface area contributed by atoms with Crippen molar-refractivity contribution < 1.29 is 18.0 Å². The molecule has 0 spiro atoms. The molecule has 1 amide bonds. The molecule has 124 valence electrons. The van der Waals surface area contributed by atoms with Crippen molar-refractivity contribution in [1.29, 1.82) is 0 Å². The van der Waals surface area contributed by atoms with Gasteiger partial charge in [-0.1, -0.05) is 18.5 Å². The van der Waals surface area contributed by atoms with Gasteiger partial charge in [-0.3, -0.25) is 9.48 Å². The first kappa shape index (κ1) is 17.1. The van der Waals surface area contributed by atoms with Gasteiger partial charge >= 0.3 is 6.18 Å². The zero-order valence-corrected chi connectivity index (χ0v) is 13.5.